The van der Waals surface area contributed by atoms with E-state index in [9.17, 15) is 19.2 Å². The number of esters is 1. The summed E-state index contributed by atoms with van der Waals surface area (Å²) in [4.78, 5) is 51.7. The Kier molecular flexibility index (Phi) is 6.03. The number of rotatable bonds is 7. The van der Waals surface area contributed by atoms with Crippen molar-refractivity contribution in [3.05, 3.63) is 57.8 Å². The van der Waals surface area contributed by atoms with E-state index in [2.05, 4.69) is 10.6 Å². The lowest BCUT2D eigenvalue weighted by molar-refractivity contribution is -0.151. The monoisotopic (exact) mass is 441 g/mol. The molecule has 2 N–H and O–H groups in total. The molecule has 4 rings (SSSR count). The van der Waals surface area contributed by atoms with Crippen LogP contribution in [0.2, 0.25) is 0 Å². The minimum absolute atomic E-state index is 0.431. The number of imide groups is 1. The minimum Gasteiger partial charge on any atom is -0.454 e. The zero-order valence-electron chi connectivity index (χ0n) is 16.9. The predicted molar refractivity (Wildman–Crippen MR) is 113 cm³/mol. The maximum atomic E-state index is 13.1. The quantitative estimate of drug-likeness (QED) is 0.503. The van der Waals surface area contributed by atoms with Gasteiger partial charge in [-0.05, 0) is 48.3 Å². The van der Waals surface area contributed by atoms with Gasteiger partial charge < -0.3 is 15.4 Å². The summed E-state index contributed by atoms with van der Waals surface area (Å²) in [7, 11) is 0. The number of hydrogen-bond acceptors (Lipinski definition) is 6. The molecule has 1 aromatic carbocycles. The summed E-state index contributed by atoms with van der Waals surface area (Å²) in [5, 5.41) is 7.43. The lowest BCUT2D eigenvalue weighted by Crippen LogP contribution is -2.46. The molecule has 1 aliphatic heterocycles. The van der Waals surface area contributed by atoms with Crippen LogP contribution in [-0.4, -0.2) is 48.4 Å². The van der Waals surface area contributed by atoms with Crippen molar-refractivity contribution in [1.29, 1.82) is 0 Å². The van der Waals surface area contributed by atoms with E-state index >= 15 is 0 Å². The molecule has 1 fully saturated rings. The Morgan fingerprint density at radius 3 is 2.84 bits per heavy atom. The third kappa shape index (κ3) is 4.32. The molecule has 1 atom stereocenters. The Morgan fingerprint density at radius 1 is 1.19 bits per heavy atom. The third-order valence-corrected chi connectivity index (χ3v) is 6.51. The van der Waals surface area contributed by atoms with Crippen LogP contribution in [0, 0.1) is 0 Å². The van der Waals surface area contributed by atoms with E-state index < -0.39 is 42.5 Å². The van der Waals surface area contributed by atoms with Gasteiger partial charge in [-0.25, -0.2) is 4.79 Å². The number of ether oxygens (including phenoxy) is 1. The van der Waals surface area contributed by atoms with Gasteiger partial charge in [0.2, 0.25) is 0 Å². The molecule has 1 aliphatic carbocycles. The van der Waals surface area contributed by atoms with E-state index in [-0.39, 0.29) is 0 Å². The van der Waals surface area contributed by atoms with Gasteiger partial charge in [0.1, 0.15) is 12.1 Å². The first-order chi connectivity index (χ1) is 15.0. The smallest absolute Gasteiger partial charge is 0.326 e. The van der Waals surface area contributed by atoms with E-state index in [1.54, 1.807) is 11.3 Å². The zero-order valence-corrected chi connectivity index (χ0v) is 17.7. The van der Waals surface area contributed by atoms with Gasteiger partial charge in [-0.3, -0.25) is 19.3 Å². The van der Waals surface area contributed by atoms with Gasteiger partial charge >= 0.3 is 12.0 Å². The van der Waals surface area contributed by atoms with Crippen molar-refractivity contribution >= 4 is 35.2 Å². The summed E-state index contributed by atoms with van der Waals surface area (Å²) in [5.41, 5.74) is 0.664. The highest BCUT2D eigenvalue weighted by atomic mass is 32.1. The van der Waals surface area contributed by atoms with E-state index in [4.69, 9.17) is 4.74 Å². The SMILES string of the molecule is O=C(COC(=O)CN1C(=O)N[C@]2(CCCc3ccccc32)C1=O)NCCc1cccs1. The molecule has 2 heterocycles. The molecule has 0 bridgehead atoms. The maximum absolute atomic E-state index is 13.1. The second-order valence-corrected chi connectivity index (χ2v) is 8.61. The highest BCUT2D eigenvalue weighted by Gasteiger charge is 2.54. The molecule has 1 spiro atoms. The first-order valence-electron chi connectivity index (χ1n) is 10.2. The van der Waals surface area contributed by atoms with Crippen LogP contribution in [-0.2, 0) is 37.5 Å². The molecule has 8 nitrogen and oxygen atoms in total. The van der Waals surface area contributed by atoms with E-state index in [0.29, 0.717) is 19.4 Å². The van der Waals surface area contributed by atoms with Crippen molar-refractivity contribution in [2.24, 2.45) is 0 Å². The number of nitrogens with zero attached hydrogens (tertiary/aromatic N) is 1. The van der Waals surface area contributed by atoms with Crippen molar-refractivity contribution in [1.82, 2.24) is 15.5 Å². The Bertz CT molecular complexity index is 1010. The molecular formula is C22H23N3O5S. The molecule has 2 aliphatic rings. The van der Waals surface area contributed by atoms with Crippen LogP contribution in [0.1, 0.15) is 28.8 Å². The first-order valence-corrected chi connectivity index (χ1v) is 11.0. The van der Waals surface area contributed by atoms with Crippen LogP contribution >= 0.6 is 11.3 Å². The topological polar surface area (TPSA) is 105 Å². The number of thiophene rings is 1. The highest BCUT2D eigenvalue weighted by molar-refractivity contribution is 7.09. The van der Waals surface area contributed by atoms with Crippen LogP contribution in [0.3, 0.4) is 0 Å². The number of fused-ring (bicyclic) bond motifs is 2. The average molecular weight is 442 g/mol. The van der Waals surface area contributed by atoms with Gasteiger partial charge in [0, 0.05) is 11.4 Å². The molecular weight excluding hydrogens is 418 g/mol. The number of hydrogen-bond donors (Lipinski definition) is 2. The molecule has 9 heteroatoms. The molecule has 162 valence electrons. The second-order valence-electron chi connectivity index (χ2n) is 7.58. The van der Waals surface area contributed by atoms with Crippen molar-refractivity contribution in [3.8, 4) is 0 Å². The summed E-state index contributed by atoms with van der Waals surface area (Å²) >= 11 is 1.60. The number of carbonyl (C=O) groups excluding carboxylic acids is 4. The molecule has 0 saturated carbocycles. The van der Waals surface area contributed by atoms with Crippen molar-refractivity contribution in [3.63, 3.8) is 0 Å². The molecule has 0 radical (unpaired) electrons. The number of nitrogens with one attached hydrogen (secondary N) is 2. The number of benzene rings is 1. The zero-order chi connectivity index (χ0) is 21.8. The number of urea groups is 1. The van der Waals surface area contributed by atoms with Gasteiger partial charge in [-0.2, -0.15) is 0 Å². The molecule has 1 aromatic heterocycles. The minimum atomic E-state index is -1.13. The molecule has 2 aromatic rings. The van der Waals surface area contributed by atoms with E-state index in [1.165, 1.54) is 0 Å². The summed E-state index contributed by atoms with van der Waals surface area (Å²) in [6.07, 6.45) is 2.77. The summed E-state index contributed by atoms with van der Waals surface area (Å²) in [5.74, 6) is -1.69. The van der Waals surface area contributed by atoms with Crippen molar-refractivity contribution in [2.45, 2.75) is 31.2 Å². The summed E-state index contributed by atoms with van der Waals surface area (Å²) < 4.78 is 4.97. The number of amides is 4. The molecule has 1 saturated heterocycles. The van der Waals surface area contributed by atoms with Crippen LogP contribution in [0.5, 0.6) is 0 Å². The first kappa shape index (κ1) is 21.0. The maximum Gasteiger partial charge on any atom is 0.326 e. The van der Waals surface area contributed by atoms with Crippen LogP contribution in [0.25, 0.3) is 0 Å². The van der Waals surface area contributed by atoms with Gasteiger partial charge in [0.15, 0.2) is 6.61 Å². The Balaban J connectivity index is 1.30. The predicted octanol–water partition coefficient (Wildman–Crippen LogP) is 1.73. The standard InChI is InChI=1S/C22H23N3O5S/c26-18(23-11-9-16-7-4-12-31-16)14-30-19(27)13-25-20(28)22(24-21(25)29)10-3-6-15-5-1-2-8-17(15)22/h1-2,4-5,7-8,12H,3,6,9-11,13-14H2,(H,23,26)(H,24,29)/t22-/m0/s1. The lowest BCUT2D eigenvalue weighted by atomic mass is 9.76. The Morgan fingerprint density at radius 2 is 2.03 bits per heavy atom. The second kappa shape index (κ2) is 8.89. The normalized spacial score (nSPS) is 19.8. The van der Waals surface area contributed by atoms with Crippen molar-refractivity contribution < 1.29 is 23.9 Å². The third-order valence-electron chi connectivity index (χ3n) is 5.58. The molecule has 4 amide bonds. The fourth-order valence-corrected chi connectivity index (χ4v) is 4.82. The fourth-order valence-electron chi connectivity index (χ4n) is 4.11. The van der Waals surface area contributed by atoms with Crippen LogP contribution in [0.4, 0.5) is 4.79 Å². The van der Waals surface area contributed by atoms with Crippen molar-refractivity contribution in [2.75, 3.05) is 19.7 Å². The highest BCUT2D eigenvalue weighted by Crippen LogP contribution is 2.39. The lowest BCUT2D eigenvalue weighted by Gasteiger charge is -2.33. The number of carbonyl (C=O) groups is 4. The Hall–Kier alpha value is -3.20. The van der Waals surface area contributed by atoms with E-state index in [1.807, 2.05) is 41.8 Å². The average Bonchev–Trinajstić information content (AvgIpc) is 3.36. The van der Waals surface area contributed by atoms with Gasteiger partial charge in [-0.15, -0.1) is 11.3 Å². The van der Waals surface area contributed by atoms with Gasteiger partial charge in [0.25, 0.3) is 11.8 Å². The van der Waals surface area contributed by atoms with Crippen LogP contribution < -0.4 is 10.6 Å². The summed E-state index contributed by atoms with van der Waals surface area (Å²) in [6, 6.07) is 10.8. The Labute approximate surface area is 183 Å². The van der Waals surface area contributed by atoms with E-state index in [0.717, 1.165) is 33.7 Å². The van der Waals surface area contributed by atoms with Gasteiger partial charge in [-0.1, -0.05) is 30.3 Å². The molecule has 0 unspecified atom stereocenters. The van der Waals surface area contributed by atoms with Crippen LogP contribution in [0.15, 0.2) is 41.8 Å². The number of aryl methyl sites for hydroxylation is 1. The largest absolute Gasteiger partial charge is 0.454 e. The summed E-state index contributed by atoms with van der Waals surface area (Å²) in [6.45, 7) is -0.552. The molecule has 31 heavy (non-hydrogen) atoms. The van der Waals surface area contributed by atoms with Gasteiger partial charge in [0.05, 0.1) is 0 Å². The fraction of sp³-hybridized carbons (Fsp3) is 0.364.